The average molecular weight is 461 g/mol. The Balaban J connectivity index is 1.62. The number of hydrogen-bond donors (Lipinski definition) is 1. The molecule has 0 unspecified atom stereocenters. The molecule has 34 heavy (non-hydrogen) atoms. The summed E-state index contributed by atoms with van der Waals surface area (Å²) < 4.78 is 16.9. The van der Waals surface area contributed by atoms with Gasteiger partial charge in [0.15, 0.2) is 5.78 Å². The molecule has 1 amide bonds. The van der Waals surface area contributed by atoms with Crippen LogP contribution in [0.15, 0.2) is 53.3 Å². The van der Waals surface area contributed by atoms with Crippen LogP contribution in [0.1, 0.15) is 40.5 Å². The zero-order valence-corrected chi connectivity index (χ0v) is 19.5. The van der Waals surface area contributed by atoms with Crippen molar-refractivity contribution in [3.8, 4) is 5.69 Å². The van der Waals surface area contributed by atoms with E-state index in [4.69, 9.17) is 0 Å². The number of ketones is 1. The van der Waals surface area contributed by atoms with Gasteiger partial charge in [-0.2, -0.15) is 5.10 Å². The highest BCUT2D eigenvalue weighted by Gasteiger charge is 2.20. The minimum atomic E-state index is -0.390. The molecule has 0 aliphatic carbocycles. The summed E-state index contributed by atoms with van der Waals surface area (Å²) in [5.41, 5.74) is 4.04. The Labute approximate surface area is 195 Å². The fourth-order valence-corrected chi connectivity index (χ4v) is 4.21. The van der Waals surface area contributed by atoms with E-state index in [0.717, 1.165) is 10.9 Å². The molecule has 0 fully saturated rings. The number of aromatic nitrogens is 3. The molecule has 0 spiro atoms. The number of rotatable bonds is 6. The first kappa shape index (κ1) is 23.1. The van der Waals surface area contributed by atoms with Gasteiger partial charge < -0.3 is 5.32 Å². The number of Topliss-reactive ketones (excluding diaryl/α,β-unsaturated/α-hetero) is 1. The molecule has 0 radical (unpaired) electrons. The molecule has 2 aromatic heterocycles. The van der Waals surface area contributed by atoms with Crippen molar-refractivity contribution in [1.82, 2.24) is 14.3 Å². The third-order valence-electron chi connectivity index (χ3n) is 5.97. The van der Waals surface area contributed by atoms with Crippen LogP contribution in [0.4, 0.5) is 10.1 Å². The normalized spacial score (nSPS) is 11.1. The van der Waals surface area contributed by atoms with Gasteiger partial charge in [-0.1, -0.05) is 6.07 Å². The van der Waals surface area contributed by atoms with Crippen molar-refractivity contribution >= 4 is 28.4 Å². The Kier molecular flexibility index (Phi) is 6.15. The molecule has 4 aromatic rings. The topological polar surface area (TPSA) is 86.0 Å². The molecular formula is C26H25FN4O3. The van der Waals surface area contributed by atoms with Crippen molar-refractivity contribution < 1.29 is 14.0 Å². The number of pyridine rings is 1. The minimum absolute atomic E-state index is 0.0457. The van der Waals surface area contributed by atoms with Gasteiger partial charge in [-0.25, -0.2) is 9.07 Å². The van der Waals surface area contributed by atoms with Crippen molar-refractivity contribution in [3.05, 3.63) is 87.1 Å². The smallest absolute Gasteiger partial charge is 0.255 e. The summed E-state index contributed by atoms with van der Waals surface area (Å²) in [6.45, 7) is 5.18. The lowest BCUT2D eigenvalue weighted by Crippen LogP contribution is -2.25. The third kappa shape index (κ3) is 4.26. The van der Waals surface area contributed by atoms with Crippen LogP contribution in [-0.2, 0) is 18.3 Å². The highest BCUT2D eigenvalue weighted by molar-refractivity contribution is 5.95. The number of halogens is 1. The van der Waals surface area contributed by atoms with Gasteiger partial charge in [0.2, 0.25) is 5.91 Å². The third-order valence-corrected chi connectivity index (χ3v) is 5.97. The second kappa shape index (κ2) is 9.05. The van der Waals surface area contributed by atoms with Gasteiger partial charge in [0.05, 0.1) is 11.4 Å². The van der Waals surface area contributed by atoms with Crippen molar-refractivity contribution in [1.29, 1.82) is 0 Å². The number of nitrogens with one attached hydrogen (secondary N) is 1. The van der Waals surface area contributed by atoms with E-state index < -0.39 is 0 Å². The van der Waals surface area contributed by atoms with Crippen LogP contribution >= 0.6 is 0 Å². The Morgan fingerprint density at radius 1 is 1.09 bits per heavy atom. The monoisotopic (exact) mass is 460 g/mol. The Morgan fingerprint density at radius 3 is 2.44 bits per heavy atom. The van der Waals surface area contributed by atoms with Crippen LogP contribution in [0.3, 0.4) is 0 Å². The second-order valence-corrected chi connectivity index (χ2v) is 8.33. The fourth-order valence-electron chi connectivity index (χ4n) is 4.21. The van der Waals surface area contributed by atoms with Gasteiger partial charge in [-0.05, 0) is 75.2 Å². The maximum absolute atomic E-state index is 13.8. The summed E-state index contributed by atoms with van der Waals surface area (Å²) in [5.74, 6) is -0.668. The molecule has 0 saturated heterocycles. The van der Waals surface area contributed by atoms with E-state index in [9.17, 15) is 18.8 Å². The van der Waals surface area contributed by atoms with Crippen molar-refractivity contribution in [2.24, 2.45) is 7.05 Å². The summed E-state index contributed by atoms with van der Waals surface area (Å²) in [5, 5.41) is 8.17. The number of anilines is 1. The van der Waals surface area contributed by atoms with Crippen LogP contribution in [0, 0.1) is 19.7 Å². The molecule has 0 atom stereocenters. The van der Waals surface area contributed by atoms with Crippen LogP contribution in [-0.4, -0.2) is 26.0 Å². The molecule has 2 heterocycles. The lowest BCUT2D eigenvalue weighted by Gasteiger charge is -2.13. The maximum Gasteiger partial charge on any atom is 0.255 e. The molecule has 4 rings (SSSR count). The number of amides is 1. The van der Waals surface area contributed by atoms with Gasteiger partial charge in [-0.15, -0.1) is 0 Å². The summed E-state index contributed by atoms with van der Waals surface area (Å²) in [7, 11) is 1.65. The number of carbonyl (C=O) groups excluding carboxylic acids is 2. The van der Waals surface area contributed by atoms with E-state index in [1.807, 2.05) is 13.8 Å². The van der Waals surface area contributed by atoms with E-state index in [1.54, 1.807) is 48.1 Å². The predicted octanol–water partition coefficient (Wildman–Crippen LogP) is 4.25. The number of nitrogens with zero attached hydrogens (tertiary/aromatic N) is 3. The van der Waals surface area contributed by atoms with Crippen molar-refractivity contribution in [2.75, 3.05) is 5.32 Å². The molecule has 174 valence electrons. The number of carbonyl (C=O) groups is 2. The summed E-state index contributed by atoms with van der Waals surface area (Å²) in [6, 6.07) is 12.7. The van der Waals surface area contributed by atoms with Crippen LogP contribution < -0.4 is 10.9 Å². The highest BCUT2D eigenvalue weighted by atomic mass is 19.1. The van der Waals surface area contributed by atoms with Gasteiger partial charge in [-0.3, -0.25) is 19.0 Å². The van der Waals surface area contributed by atoms with E-state index in [0.29, 0.717) is 33.8 Å². The van der Waals surface area contributed by atoms with Crippen molar-refractivity contribution in [2.45, 2.75) is 33.6 Å². The molecule has 7 nitrogen and oxygen atoms in total. The quantitative estimate of drug-likeness (QED) is 0.436. The predicted molar refractivity (Wildman–Crippen MR) is 129 cm³/mol. The van der Waals surface area contributed by atoms with E-state index >= 15 is 0 Å². The Hall–Kier alpha value is -4.07. The Morgan fingerprint density at radius 2 is 1.79 bits per heavy atom. The number of benzene rings is 2. The first-order valence-corrected chi connectivity index (χ1v) is 10.9. The van der Waals surface area contributed by atoms with Crippen LogP contribution in [0.5, 0.6) is 0 Å². The molecule has 0 aliphatic rings. The molecular weight excluding hydrogens is 435 g/mol. The second-order valence-electron chi connectivity index (χ2n) is 8.33. The average Bonchev–Trinajstić information content (AvgIpc) is 3.15. The first-order chi connectivity index (χ1) is 16.2. The molecule has 8 heteroatoms. The zero-order valence-electron chi connectivity index (χ0n) is 19.5. The molecule has 1 N–H and O–H groups in total. The molecule has 2 aromatic carbocycles. The van der Waals surface area contributed by atoms with E-state index in [1.165, 1.54) is 23.6 Å². The SMILES string of the molecule is CC(=O)c1ccc(NC(=O)CCc2c(C)c3c(C)nn(-c4cccc(F)c4)c3n(C)c2=O)cc1. The lowest BCUT2D eigenvalue weighted by atomic mass is 10.0. The molecule has 0 saturated carbocycles. The van der Waals surface area contributed by atoms with E-state index in [2.05, 4.69) is 10.4 Å². The largest absolute Gasteiger partial charge is 0.326 e. The van der Waals surface area contributed by atoms with Gasteiger partial charge in [0.1, 0.15) is 11.5 Å². The minimum Gasteiger partial charge on any atom is -0.326 e. The highest BCUT2D eigenvalue weighted by Crippen LogP contribution is 2.26. The summed E-state index contributed by atoms with van der Waals surface area (Å²) in [6.07, 6.45) is 0.378. The maximum atomic E-state index is 13.8. The van der Waals surface area contributed by atoms with Crippen LogP contribution in [0.25, 0.3) is 16.7 Å². The fraction of sp³-hybridized carbons (Fsp3) is 0.231. The molecule has 0 aliphatic heterocycles. The lowest BCUT2D eigenvalue weighted by molar-refractivity contribution is -0.116. The van der Waals surface area contributed by atoms with E-state index in [-0.39, 0.29) is 35.9 Å². The van der Waals surface area contributed by atoms with Gasteiger partial charge >= 0.3 is 0 Å². The standard InChI is InChI=1S/C26H25FN4O3/c1-15-22(12-13-23(33)28-20-10-8-18(9-11-20)17(3)32)26(34)30(4)25-24(15)16(2)29-31(25)21-7-5-6-19(27)14-21/h5-11,14H,12-13H2,1-4H3,(H,28,33). The van der Waals surface area contributed by atoms with Gasteiger partial charge in [0.25, 0.3) is 5.56 Å². The Bertz CT molecular complexity index is 1480. The summed E-state index contributed by atoms with van der Waals surface area (Å²) >= 11 is 0. The number of hydrogen-bond acceptors (Lipinski definition) is 4. The first-order valence-electron chi connectivity index (χ1n) is 10.9. The van der Waals surface area contributed by atoms with Crippen molar-refractivity contribution in [3.63, 3.8) is 0 Å². The molecule has 0 bridgehead atoms. The van der Waals surface area contributed by atoms with Crippen LogP contribution in [0.2, 0.25) is 0 Å². The zero-order chi connectivity index (χ0) is 24.6. The van der Waals surface area contributed by atoms with Gasteiger partial charge in [0, 0.05) is 35.7 Å². The summed E-state index contributed by atoms with van der Waals surface area (Å²) in [4.78, 5) is 37.1. The number of aryl methyl sites for hydroxylation is 3. The number of fused-ring (bicyclic) bond motifs is 1.